The summed E-state index contributed by atoms with van der Waals surface area (Å²) in [5.41, 5.74) is 5.98. The second-order valence-electron chi connectivity index (χ2n) is 9.30. The SMILES string of the molecule is [2H]c1cc([2H])c(-n2c3ccccc3c3cc(-c4ccc5c(c4)c4c([2H])c([2H])c([2H])c([2H])c4n5-c4ccccc4)ccc32)c([2H])c1. The predicted octanol–water partition coefficient (Wildman–Crippen LogP) is 9.55. The molecule has 0 radical (unpaired) electrons. The van der Waals surface area contributed by atoms with E-state index in [9.17, 15) is 0 Å². The Bertz CT molecular complexity index is 2490. The lowest BCUT2D eigenvalue weighted by Crippen LogP contribution is -1.93. The first-order valence-electron chi connectivity index (χ1n) is 16.0. The van der Waals surface area contributed by atoms with Gasteiger partial charge < -0.3 is 9.13 Å². The fraction of sp³-hybridized carbons (Fsp3) is 0. The molecule has 0 aliphatic carbocycles. The number of hydrogen-bond acceptors (Lipinski definition) is 0. The summed E-state index contributed by atoms with van der Waals surface area (Å²) in [5.74, 6) is 0. The van der Waals surface area contributed by atoms with E-state index in [1.54, 1.807) is 0 Å². The van der Waals surface area contributed by atoms with E-state index in [2.05, 4.69) is 6.07 Å². The normalized spacial score (nSPS) is 14.3. The molecular formula is C36H24N2. The van der Waals surface area contributed by atoms with Crippen LogP contribution in [0.5, 0.6) is 0 Å². The Kier molecular flexibility index (Phi) is 3.30. The van der Waals surface area contributed by atoms with E-state index in [4.69, 9.17) is 9.60 Å². The molecule has 0 unspecified atom stereocenters. The van der Waals surface area contributed by atoms with Gasteiger partial charge in [-0.3, -0.25) is 0 Å². The quantitative estimate of drug-likeness (QED) is 0.233. The minimum absolute atomic E-state index is 0.0718. The molecule has 0 spiro atoms. The van der Waals surface area contributed by atoms with Crippen molar-refractivity contribution in [1.82, 2.24) is 9.13 Å². The molecule has 178 valence electrons. The van der Waals surface area contributed by atoms with Crippen molar-refractivity contribution in [2.75, 3.05) is 0 Å². The van der Waals surface area contributed by atoms with Crippen molar-refractivity contribution in [2.45, 2.75) is 0 Å². The molecule has 0 aliphatic heterocycles. The first-order chi connectivity index (χ1) is 21.7. The second kappa shape index (κ2) is 8.22. The highest BCUT2D eigenvalue weighted by Crippen LogP contribution is 2.38. The van der Waals surface area contributed by atoms with Gasteiger partial charge in [0.25, 0.3) is 0 Å². The van der Waals surface area contributed by atoms with Gasteiger partial charge in [-0.1, -0.05) is 84.8 Å². The van der Waals surface area contributed by atoms with Crippen LogP contribution in [0.2, 0.25) is 0 Å². The number of benzene rings is 6. The van der Waals surface area contributed by atoms with E-state index in [1.807, 2.05) is 94.1 Å². The van der Waals surface area contributed by atoms with Crippen molar-refractivity contribution in [3.63, 3.8) is 0 Å². The smallest absolute Gasteiger partial charge is 0.0645 e. The molecule has 2 aromatic heterocycles. The van der Waals surface area contributed by atoms with Crippen LogP contribution >= 0.6 is 0 Å². The molecule has 0 aliphatic rings. The van der Waals surface area contributed by atoms with Gasteiger partial charge in [0.1, 0.15) is 0 Å². The largest absolute Gasteiger partial charge is 0.309 e. The first-order valence-corrected chi connectivity index (χ1v) is 12.5. The zero-order chi connectivity index (χ0) is 31.1. The Balaban J connectivity index is 1.41. The highest BCUT2D eigenvalue weighted by atomic mass is 15.0. The average Bonchev–Trinajstić information content (AvgIpc) is 3.55. The molecule has 0 fully saturated rings. The summed E-state index contributed by atoms with van der Waals surface area (Å²) in [6, 6.07) is 32.1. The van der Waals surface area contributed by atoms with Gasteiger partial charge in [0.15, 0.2) is 0 Å². The van der Waals surface area contributed by atoms with E-state index in [1.165, 1.54) is 12.1 Å². The number of rotatable bonds is 3. The monoisotopic (exact) mass is 491 g/mol. The van der Waals surface area contributed by atoms with Crippen LogP contribution in [0.25, 0.3) is 66.1 Å². The minimum Gasteiger partial charge on any atom is -0.309 e. The zero-order valence-electron chi connectivity index (χ0n) is 27.2. The molecule has 6 aromatic carbocycles. The van der Waals surface area contributed by atoms with Gasteiger partial charge in [0, 0.05) is 32.9 Å². The van der Waals surface area contributed by atoms with Crippen LogP contribution in [0.4, 0.5) is 0 Å². The molecule has 2 heterocycles. The maximum absolute atomic E-state index is 8.84. The summed E-state index contributed by atoms with van der Waals surface area (Å²) in [4.78, 5) is 0. The highest BCUT2D eigenvalue weighted by molar-refractivity contribution is 6.12. The van der Waals surface area contributed by atoms with Crippen molar-refractivity contribution in [1.29, 1.82) is 0 Å². The first kappa shape index (κ1) is 15.2. The summed E-state index contributed by atoms with van der Waals surface area (Å²) in [5, 5.41) is 3.13. The minimum atomic E-state index is -0.265. The van der Waals surface area contributed by atoms with E-state index < -0.39 is 0 Å². The van der Waals surface area contributed by atoms with E-state index in [0.29, 0.717) is 16.6 Å². The summed E-state index contributed by atoms with van der Waals surface area (Å²) >= 11 is 0. The molecule has 0 bridgehead atoms. The van der Waals surface area contributed by atoms with Crippen LogP contribution in [0.3, 0.4) is 0 Å². The summed E-state index contributed by atoms with van der Waals surface area (Å²) < 4.78 is 63.4. The van der Waals surface area contributed by atoms with Gasteiger partial charge in [-0.2, -0.15) is 0 Å². The molecule has 8 rings (SSSR count). The molecule has 0 amide bonds. The maximum Gasteiger partial charge on any atom is 0.0645 e. The van der Waals surface area contributed by atoms with Crippen LogP contribution in [-0.2, 0) is 0 Å². The van der Waals surface area contributed by atoms with Gasteiger partial charge in [0.05, 0.1) is 31.7 Å². The lowest BCUT2D eigenvalue weighted by atomic mass is 10.0. The zero-order valence-corrected chi connectivity index (χ0v) is 20.2. The third-order valence-corrected chi connectivity index (χ3v) is 7.23. The number of para-hydroxylation sites is 4. The van der Waals surface area contributed by atoms with Gasteiger partial charge in [-0.05, 0) is 71.7 Å². The van der Waals surface area contributed by atoms with Crippen LogP contribution in [0, 0.1) is 0 Å². The lowest BCUT2D eigenvalue weighted by molar-refractivity contribution is 1.18. The number of fused-ring (bicyclic) bond motifs is 6. The van der Waals surface area contributed by atoms with Crippen molar-refractivity contribution in [3.05, 3.63) is 145 Å². The Morgan fingerprint density at radius 1 is 0.395 bits per heavy atom. The highest BCUT2D eigenvalue weighted by Gasteiger charge is 2.15. The molecule has 0 saturated heterocycles. The van der Waals surface area contributed by atoms with E-state index >= 15 is 0 Å². The molecule has 2 nitrogen and oxygen atoms in total. The van der Waals surface area contributed by atoms with Gasteiger partial charge in [-0.25, -0.2) is 0 Å². The third-order valence-electron chi connectivity index (χ3n) is 7.23. The molecular weight excluding hydrogens is 460 g/mol. The summed E-state index contributed by atoms with van der Waals surface area (Å²) in [6.45, 7) is 0. The van der Waals surface area contributed by atoms with Gasteiger partial charge in [-0.15, -0.1) is 0 Å². The molecule has 8 aromatic rings. The van der Waals surface area contributed by atoms with Crippen molar-refractivity contribution < 1.29 is 9.60 Å². The Labute approximate surface area is 230 Å². The van der Waals surface area contributed by atoms with Crippen LogP contribution in [0.1, 0.15) is 9.60 Å². The van der Waals surface area contributed by atoms with E-state index in [0.717, 1.165) is 49.5 Å². The lowest BCUT2D eigenvalue weighted by Gasteiger charge is -2.09. The topological polar surface area (TPSA) is 9.86 Å². The van der Waals surface area contributed by atoms with E-state index in [-0.39, 0.29) is 42.3 Å². The average molecular weight is 492 g/mol. The molecule has 0 saturated carbocycles. The number of nitrogens with zero attached hydrogens (tertiary/aromatic N) is 2. The molecule has 0 N–H and O–H groups in total. The standard InChI is InChI=1S/C36H24N2/c1-3-11-27(12-4-1)37-33-17-9-7-15-29(33)31-23-25(19-21-35(31)37)26-20-22-36-32(24-26)30-16-8-10-18-34(30)38(36)28-13-5-2-6-14-28/h1-24H/i1D,8D,10D,11D,12D,16D,18D. The van der Waals surface area contributed by atoms with Crippen molar-refractivity contribution >= 4 is 43.6 Å². The molecule has 0 atom stereocenters. The Hall–Kier alpha value is -5.08. The number of hydrogen-bond donors (Lipinski definition) is 0. The number of aromatic nitrogens is 2. The van der Waals surface area contributed by atoms with Crippen LogP contribution < -0.4 is 0 Å². The predicted molar refractivity (Wildman–Crippen MR) is 161 cm³/mol. The Morgan fingerprint density at radius 2 is 1.00 bits per heavy atom. The molecule has 38 heavy (non-hydrogen) atoms. The fourth-order valence-electron chi connectivity index (χ4n) is 5.57. The second-order valence-corrected chi connectivity index (χ2v) is 9.30. The molecule has 2 heteroatoms. The maximum atomic E-state index is 8.84. The van der Waals surface area contributed by atoms with Crippen LogP contribution in [0.15, 0.2) is 145 Å². The van der Waals surface area contributed by atoms with Gasteiger partial charge >= 0.3 is 0 Å². The summed E-state index contributed by atoms with van der Waals surface area (Å²) in [6.07, 6.45) is 0. The van der Waals surface area contributed by atoms with Crippen molar-refractivity contribution in [3.8, 4) is 22.5 Å². The van der Waals surface area contributed by atoms with Crippen molar-refractivity contribution in [2.24, 2.45) is 0 Å². The van der Waals surface area contributed by atoms with Crippen LogP contribution in [-0.4, -0.2) is 9.13 Å². The third kappa shape index (κ3) is 3.07. The Morgan fingerprint density at radius 3 is 1.76 bits per heavy atom. The fourth-order valence-corrected chi connectivity index (χ4v) is 5.57. The van der Waals surface area contributed by atoms with Gasteiger partial charge in [0.2, 0.25) is 0 Å². The summed E-state index contributed by atoms with van der Waals surface area (Å²) in [7, 11) is 0.